The molecule has 1 aliphatic rings. The maximum atomic E-state index is 11.5. The highest BCUT2D eigenvalue weighted by Gasteiger charge is 2.19. The fraction of sp³-hybridized carbons (Fsp3) is 0.412. The van der Waals surface area contributed by atoms with E-state index in [1.807, 2.05) is 18.2 Å². The Hall–Kier alpha value is -2.50. The van der Waals surface area contributed by atoms with E-state index in [1.54, 1.807) is 19.2 Å². The third-order valence-corrected chi connectivity index (χ3v) is 4.03. The molecule has 1 aromatic carbocycles. The minimum atomic E-state index is 0.0393. The van der Waals surface area contributed by atoms with E-state index in [1.165, 1.54) is 6.42 Å². The smallest absolute Gasteiger partial charge is 0.247 e. The van der Waals surface area contributed by atoms with Crippen LogP contribution in [0.5, 0.6) is 0 Å². The van der Waals surface area contributed by atoms with Gasteiger partial charge in [0.25, 0.3) is 0 Å². The van der Waals surface area contributed by atoms with E-state index in [0.29, 0.717) is 23.2 Å². The van der Waals surface area contributed by atoms with Crippen LogP contribution >= 0.6 is 0 Å². The summed E-state index contributed by atoms with van der Waals surface area (Å²) in [5.74, 6) is 1.98. The van der Waals surface area contributed by atoms with Crippen molar-refractivity contribution in [1.29, 1.82) is 0 Å². The summed E-state index contributed by atoms with van der Waals surface area (Å²) in [6, 6.07) is 7.36. The van der Waals surface area contributed by atoms with Gasteiger partial charge in [-0.15, -0.1) is 5.10 Å². The van der Waals surface area contributed by atoms with E-state index < -0.39 is 0 Å². The number of hydrogen-bond donors (Lipinski definition) is 1. The molecule has 1 fully saturated rings. The molecule has 0 radical (unpaired) electrons. The SMILES string of the molecule is CC(=O)c1cccc(Nc2cnnc(N3CCCC(C)C3)n2)c1. The van der Waals surface area contributed by atoms with E-state index in [4.69, 9.17) is 0 Å². The van der Waals surface area contributed by atoms with Gasteiger partial charge in [0, 0.05) is 24.3 Å². The standard InChI is InChI=1S/C17H21N5O/c1-12-5-4-8-22(11-12)17-20-16(10-18-21-17)19-15-7-3-6-14(9-15)13(2)23/h3,6-7,9-10,12H,4-5,8,11H2,1-2H3,(H,19,20,21). The van der Waals surface area contributed by atoms with Crippen molar-refractivity contribution < 1.29 is 4.79 Å². The van der Waals surface area contributed by atoms with Gasteiger partial charge in [-0.3, -0.25) is 4.79 Å². The molecule has 2 aromatic rings. The molecule has 1 N–H and O–H groups in total. The van der Waals surface area contributed by atoms with Crippen LogP contribution in [0.25, 0.3) is 0 Å². The van der Waals surface area contributed by atoms with E-state index >= 15 is 0 Å². The number of anilines is 3. The molecule has 2 heterocycles. The lowest BCUT2D eigenvalue weighted by molar-refractivity contribution is 0.101. The van der Waals surface area contributed by atoms with Crippen LogP contribution in [0.4, 0.5) is 17.5 Å². The minimum absolute atomic E-state index is 0.0393. The first-order valence-electron chi connectivity index (χ1n) is 7.94. The summed E-state index contributed by atoms with van der Waals surface area (Å²) in [5.41, 5.74) is 1.48. The fourth-order valence-electron chi connectivity index (χ4n) is 2.82. The van der Waals surface area contributed by atoms with Gasteiger partial charge < -0.3 is 10.2 Å². The van der Waals surface area contributed by atoms with Gasteiger partial charge in [0.1, 0.15) is 0 Å². The number of nitrogens with one attached hydrogen (secondary N) is 1. The second kappa shape index (κ2) is 6.73. The molecule has 0 amide bonds. The van der Waals surface area contributed by atoms with Crippen LogP contribution in [-0.2, 0) is 0 Å². The van der Waals surface area contributed by atoms with Crippen molar-refractivity contribution in [2.45, 2.75) is 26.7 Å². The highest BCUT2D eigenvalue weighted by Crippen LogP contribution is 2.21. The van der Waals surface area contributed by atoms with Crippen LogP contribution in [0.1, 0.15) is 37.0 Å². The Morgan fingerprint density at radius 1 is 1.39 bits per heavy atom. The topological polar surface area (TPSA) is 71.0 Å². The molecular weight excluding hydrogens is 290 g/mol. The molecule has 1 atom stereocenters. The van der Waals surface area contributed by atoms with Gasteiger partial charge in [-0.25, -0.2) is 0 Å². The van der Waals surface area contributed by atoms with E-state index in [-0.39, 0.29) is 5.78 Å². The van der Waals surface area contributed by atoms with Crippen molar-refractivity contribution in [3.8, 4) is 0 Å². The number of ketones is 1. The summed E-state index contributed by atoms with van der Waals surface area (Å²) in [5, 5.41) is 11.4. The summed E-state index contributed by atoms with van der Waals surface area (Å²) in [6.07, 6.45) is 4.00. The fourth-order valence-corrected chi connectivity index (χ4v) is 2.82. The molecule has 0 spiro atoms. The predicted molar refractivity (Wildman–Crippen MR) is 90.2 cm³/mol. The zero-order valence-corrected chi connectivity index (χ0v) is 13.5. The Balaban J connectivity index is 1.77. The Labute approximate surface area is 136 Å². The van der Waals surface area contributed by atoms with Crippen LogP contribution in [0.3, 0.4) is 0 Å². The second-order valence-electron chi connectivity index (χ2n) is 6.10. The summed E-state index contributed by atoms with van der Waals surface area (Å²) in [4.78, 5) is 18.2. The first kappa shape index (κ1) is 15.4. The number of benzene rings is 1. The first-order valence-corrected chi connectivity index (χ1v) is 7.94. The number of rotatable bonds is 4. The van der Waals surface area contributed by atoms with Crippen LogP contribution in [0, 0.1) is 5.92 Å². The second-order valence-corrected chi connectivity index (χ2v) is 6.10. The maximum absolute atomic E-state index is 11.5. The van der Waals surface area contributed by atoms with Crippen molar-refractivity contribution in [2.75, 3.05) is 23.3 Å². The van der Waals surface area contributed by atoms with Gasteiger partial charge in [-0.2, -0.15) is 10.1 Å². The molecule has 1 aliphatic heterocycles. The van der Waals surface area contributed by atoms with Gasteiger partial charge in [-0.1, -0.05) is 19.1 Å². The number of piperidine rings is 1. The molecule has 120 valence electrons. The molecule has 1 saturated heterocycles. The maximum Gasteiger partial charge on any atom is 0.247 e. The summed E-state index contributed by atoms with van der Waals surface area (Å²) in [6.45, 7) is 5.73. The largest absolute Gasteiger partial charge is 0.339 e. The average Bonchev–Trinajstić information content (AvgIpc) is 2.55. The van der Waals surface area contributed by atoms with Crippen LogP contribution in [0.2, 0.25) is 0 Å². The van der Waals surface area contributed by atoms with E-state index in [9.17, 15) is 4.79 Å². The van der Waals surface area contributed by atoms with Gasteiger partial charge >= 0.3 is 0 Å². The van der Waals surface area contributed by atoms with Crippen molar-refractivity contribution in [1.82, 2.24) is 15.2 Å². The third-order valence-electron chi connectivity index (χ3n) is 4.03. The van der Waals surface area contributed by atoms with Gasteiger partial charge in [0.15, 0.2) is 11.6 Å². The Kier molecular flexibility index (Phi) is 4.50. The lowest BCUT2D eigenvalue weighted by Gasteiger charge is -2.30. The molecule has 1 aromatic heterocycles. The number of Topliss-reactive ketones (excluding diaryl/α,β-unsaturated/α-hetero) is 1. The molecule has 0 bridgehead atoms. The van der Waals surface area contributed by atoms with Crippen LogP contribution < -0.4 is 10.2 Å². The Morgan fingerprint density at radius 2 is 2.26 bits per heavy atom. The average molecular weight is 311 g/mol. The third kappa shape index (κ3) is 3.83. The normalized spacial score (nSPS) is 17.8. The molecule has 1 unspecified atom stereocenters. The summed E-state index contributed by atoms with van der Waals surface area (Å²) >= 11 is 0. The molecule has 23 heavy (non-hydrogen) atoms. The lowest BCUT2D eigenvalue weighted by Crippen LogP contribution is -2.35. The van der Waals surface area contributed by atoms with E-state index in [2.05, 4.69) is 32.3 Å². The number of aromatic nitrogens is 3. The minimum Gasteiger partial charge on any atom is -0.339 e. The van der Waals surface area contributed by atoms with Crippen molar-refractivity contribution in [2.24, 2.45) is 5.92 Å². The quantitative estimate of drug-likeness (QED) is 0.875. The number of carbonyl (C=O) groups is 1. The Bertz CT molecular complexity index is 703. The summed E-state index contributed by atoms with van der Waals surface area (Å²) < 4.78 is 0. The van der Waals surface area contributed by atoms with E-state index in [0.717, 1.165) is 25.2 Å². The zero-order valence-electron chi connectivity index (χ0n) is 13.5. The van der Waals surface area contributed by atoms with Crippen LogP contribution in [-0.4, -0.2) is 34.1 Å². The monoisotopic (exact) mass is 311 g/mol. The number of carbonyl (C=O) groups excluding carboxylic acids is 1. The van der Waals surface area contributed by atoms with Gasteiger partial charge in [0.05, 0.1) is 6.20 Å². The Morgan fingerprint density at radius 3 is 3.04 bits per heavy atom. The lowest BCUT2D eigenvalue weighted by atomic mass is 10.0. The van der Waals surface area contributed by atoms with Crippen LogP contribution in [0.15, 0.2) is 30.5 Å². The predicted octanol–water partition coefficient (Wildman–Crippen LogP) is 3.05. The van der Waals surface area contributed by atoms with Crippen molar-refractivity contribution >= 4 is 23.2 Å². The molecule has 6 heteroatoms. The molecular formula is C17H21N5O. The van der Waals surface area contributed by atoms with Gasteiger partial charge in [0.2, 0.25) is 5.95 Å². The highest BCUT2D eigenvalue weighted by molar-refractivity contribution is 5.95. The highest BCUT2D eigenvalue weighted by atomic mass is 16.1. The number of hydrogen-bond acceptors (Lipinski definition) is 6. The number of nitrogens with zero attached hydrogens (tertiary/aromatic N) is 4. The first-order chi connectivity index (χ1) is 11.1. The molecule has 0 aliphatic carbocycles. The zero-order chi connectivity index (χ0) is 16.2. The molecule has 3 rings (SSSR count). The van der Waals surface area contributed by atoms with Crippen molar-refractivity contribution in [3.05, 3.63) is 36.0 Å². The molecule has 6 nitrogen and oxygen atoms in total. The van der Waals surface area contributed by atoms with Gasteiger partial charge in [-0.05, 0) is 37.8 Å². The molecule has 0 saturated carbocycles. The summed E-state index contributed by atoms with van der Waals surface area (Å²) in [7, 11) is 0. The van der Waals surface area contributed by atoms with Crippen molar-refractivity contribution in [3.63, 3.8) is 0 Å².